The van der Waals surface area contributed by atoms with Crippen LogP contribution >= 0.6 is 0 Å². The van der Waals surface area contributed by atoms with E-state index in [9.17, 15) is 0 Å². The van der Waals surface area contributed by atoms with E-state index in [-0.39, 0.29) is 0 Å². The second kappa shape index (κ2) is 4.84. The Kier molecular flexibility index (Phi) is 3.81. The van der Waals surface area contributed by atoms with Crippen LogP contribution in [0.3, 0.4) is 0 Å². The maximum absolute atomic E-state index is 6.28. The van der Waals surface area contributed by atoms with Gasteiger partial charge in [-0.15, -0.1) is 0 Å². The molecule has 0 spiro atoms. The van der Waals surface area contributed by atoms with Gasteiger partial charge in [-0.05, 0) is 24.7 Å². The Bertz CT molecular complexity index is 496. The predicted octanol–water partition coefficient (Wildman–Crippen LogP) is 3.72. The molecule has 4 heteroatoms. The molecule has 1 heterocycles. The van der Waals surface area contributed by atoms with Crippen LogP contribution in [0.2, 0.25) is 38.8 Å². The Balaban J connectivity index is 2.61. The fraction of sp³-hybridized carbons (Fsp3) is 0.467. The van der Waals surface area contributed by atoms with Gasteiger partial charge in [-0.2, -0.15) is 0 Å². The molecule has 0 aromatic heterocycles. The van der Waals surface area contributed by atoms with Gasteiger partial charge in [0.2, 0.25) is 0 Å². The maximum atomic E-state index is 6.28. The summed E-state index contributed by atoms with van der Waals surface area (Å²) in [5.41, 5.74) is 1.36. The molecule has 1 saturated heterocycles. The molecule has 1 atom stereocenters. The molecule has 0 aliphatic carbocycles. The van der Waals surface area contributed by atoms with Crippen LogP contribution < -0.4 is 5.19 Å². The second-order valence-corrected chi connectivity index (χ2v) is 33.0. The number of rotatable bonds is 2. The summed E-state index contributed by atoms with van der Waals surface area (Å²) in [6.45, 7) is 17.7. The summed E-state index contributed by atoms with van der Waals surface area (Å²) in [5.74, 6) is 0. The van der Waals surface area contributed by atoms with E-state index in [4.69, 9.17) is 4.43 Å². The zero-order chi connectivity index (χ0) is 14.3. The smallest absolute Gasteiger partial charge is 0.171 e. The van der Waals surface area contributed by atoms with Gasteiger partial charge < -0.3 is 4.43 Å². The van der Waals surface area contributed by atoms with Crippen molar-refractivity contribution in [3.05, 3.63) is 36.4 Å². The molecule has 1 fully saturated rings. The Morgan fingerprint density at radius 3 is 2.37 bits per heavy atom. The molecule has 0 N–H and O–H groups in total. The van der Waals surface area contributed by atoms with Crippen molar-refractivity contribution < 1.29 is 4.43 Å². The Morgan fingerprint density at radius 2 is 1.74 bits per heavy atom. The van der Waals surface area contributed by atoms with Crippen LogP contribution in [0.15, 0.2) is 30.8 Å². The lowest BCUT2D eigenvalue weighted by Gasteiger charge is -2.53. The minimum Gasteiger partial charge on any atom is -0.421 e. The van der Waals surface area contributed by atoms with Crippen LogP contribution in [0.4, 0.5) is 0 Å². The predicted molar refractivity (Wildman–Crippen MR) is 93.5 cm³/mol. The highest BCUT2D eigenvalue weighted by atomic mass is 29.6. The van der Waals surface area contributed by atoms with Crippen molar-refractivity contribution in [2.24, 2.45) is 0 Å². The lowest BCUT2D eigenvalue weighted by molar-refractivity contribution is 0.337. The van der Waals surface area contributed by atoms with Crippen molar-refractivity contribution in [3.63, 3.8) is 0 Å². The largest absolute Gasteiger partial charge is 0.421 e. The van der Waals surface area contributed by atoms with Gasteiger partial charge >= 0.3 is 0 Å². The highest BCUT2D eigenvalue weighted by Crippen LogP contribution is 2.36. The molecular weight excluding hydrogens is 280 g/mol. The fourth-order valence-electron chi connectivity index (χ4n) is 3.32. The minimum absolute atomic E-state index is 0.976. The third-order valence-electron chi connectivity index (χ3n) is 5.72. The molecule has 1 aliphatic heterocycles. The molecule has 1 aromatic rings. The molecule has 19 heavy (non-hydrogen) atoms. The van der Waals surface area contributed by atoms with Gasteiger partial charge in [0.25, 0.3) is 0 Å². The summed E-state index contributed by atoms with van der Waals surface area (Å²) >= 11 is 0. The quantitative estimate of drug-likeness (QED) is 0.757. The lowest BCUT2D eigenvalue weighted by Crippen LogP contribution is -2.80. The first-order chi connectivity index (χ1) is 8.76. The van der Waals surface area contributed by atoms with Crippen LogP contribution in [0.5, 0.6) is 0 Å². The summed E-state index contributed by atoms with van der Waals surface area (Å²) in [5, 5.41) is 1.63. The van der Waals surface area contributed by atoms with Gasteiger partial charge in [-0.25, -0.2) is 0 Å². The fourth-order valence-corrected chi connectivity index (χ4v) is 34.4. The van der Waals surface area contributed by atoms with E-state index in [2.05, 4.69) is 63.6 Å². The third-order valence-corrected chi connectivity index (χ3v) is 45.0. The summed E-state index contributed by atoms with van der Waals surface area (Å²) in [7, 11) is -4.30. The van der Waals surface area contributed by atoms with Gasteiger partial charge in [0.1, 0.15) is 0 Å². The van der Waals surface area contributed by atoms with Crippen LogP contribution in [-0.4, -0.2) is 29.1 Å². The van der Waals surface area contributed by atoms with Crippen LogP contribution in [0, 0.1) is 0 Å². The number of hydrogen-bond donors (Lipinski definition) is 0. The van der Waals surface area contributed by atoms with E-state index in [1.165, 1.54) is 11.6 Å². The molecule has 1 unspecified atom stereocenters. The van der Waals surface area contributed by atoms with Gasteiger partial charge in [0.15, 0.2) is 7.83 Å². The second-order valence-electron chi connectivity index (χ2n) is 6.86. The van der Waals surface area contributed by atoms with Crippen LogP contribution in [0.1, 0.15) is 5.56 Å². The zero-order valence-corrected chi connectivity index (χ0v) is 15.9. The number of benzene rings is 1. The van der Waals surface area contributed by atoms with Crippen molar-refractivity contribution in [2.45, 2.75) is 38.8 Å². The van der Waals surface area contributed by atoms with Gasteiger partial charge in [-0.3, -0.25) is 0 Å². The summed E-state index contributed by atoms with van der Waals surface area (Å²) in [6, 6.07) is 10.2. The van der Waals surface area contributed by atoms with Crippen molar-refractivity contribution in [2.75, 3.05) is 6.61 Å². The van der Waals surface area contributed by atoms with Gasteiger partial charge in [0, 0.05) is 6.61 Å². The topological polar surface area (TPSA) is 9.23 Å². The highest BCUT2D eigenvalue weighted by molar-refractivity contribution is 7.70. The third kappa shape index (κ3) is 2.14. The van der Waals surface area contributed by atoms with Crippen molar-refractivity contribution in [1.29, 1.82) is 0 Å². The summed E-state index contributed by atoms with van der Waals surface area (Å²) < 4.78 is 6.28. The first-order valence-electron chi connectivity index (χ1n) is 7.12. The van der Waals surface area contributed by atoms with E-state index >= 15 is 0 Å². The molecule has 0 radical (unpaired) electrons. The monoisotopic (exact) mass is 306 g/mol. The first kappa shape index (κ1) is 15.0. The normalized spacial score (nSPS) is 28.9. The van der Waals surface area contributed by atoms with E-state index in [1.54, 1.807) is 5.19 Å². The van der Waals surface area contributed by atoms with E-state index < -0.39 is 22.5 Å². The van der Waals surface area contributed by atoms with Crippen molar-refractivity contribution in [1.82, 2.24) is 0 Å². The highest BCUT2D eigenvalue weighted by Gasteiger charge is 2.59. The Hall–Kier alpha value is -0.429. The molecule has 0 saturated carbocycles. The van der Waals surface area contributed by atoms with Gasteiger partial charge in [-0.1, -0.05) is 61.7 Å². The van der Waals surface area contributed by atoms with Gasteiger partial charge in [0.05, 0.1) is 14.7 Å². The maximum Gasteiger partial charge on any atom is 0.171 e. The van der Waals surface area contributed by atoms with Crippen molar-refractivity contribution >= 4 is 33.8 Å². The Morgan fingerprint density at radius 1 is 1.11 bits per heavy atom. The average Bonchev–Trinajstić information content (AvgIpc) is 2.36. The molecule has 0 amide bonds. The van der Waals surface area contributed by atoms with E-state index in [0.717, 1.165) is 6.61 Å². The molecule has 1 aromatic carbocycles. The number of hydrogen-bond acceptors (Lipinski definition) is 1. The summed E-state index contributed by atoms with van der Waals surface area (Å²) in [6.07, 6.45) is 2.04. The lowest BCUT2D eigenvalue weighted by atomic mass is 10.2. The van der Waals surface area contributed by atoms with Crippen LogP contribution in [0.25, 0.3) is 6.08 Å². The van der Waals surface area contributed by atoms with E-state index in [0.29, 0.717) is 0 Å². The van der Waals surface area contributed by atoms with Crippen molar-refractivity contribution in [3.8, 4) is 0 Å². The summed E-state index contributed by atoms with van der Waals surface area (Å²) in [4.78, 5) is 0. The Labute approximate surface area is 120 Å². The molecule has 104 valence electrons. The van der Waals surface area contributed by atoms with E-state index in [1.807, 2.05) is 6.08 Å². The zero-order valence-electron chi connectivity index (χ0n) is 12.9. The first-order valence-corrected chi connectivity index (χ1v) is 17.7. The molecule has 1 nitrogen and oxygen atoms in total. The molecule has 1 aliphatic rings. The SMILES string of the molecule is C=Cc1ccccc1[Si]1(C)CCO[Si](C)(C)[Si]1(C)C. The minimum atomic E-state index is -1.51. The molecule has 0 bridgehead atoms. The molecule has 2 rings (SSSR count). The average molecular weight is 307 g/mol. The van der Waals surface area contributed by atoms with Crippen LogP contribution in [-0.2, 0) is 4.43 Å². The molecular formula is C15H26OSi3. The standard InChI is InChI=1S/C15H26OSi3/c1-7-14-10-8-9-11-15(14)19(6)13-12-16-17(2,3)18(19,4)5/h7-11H,1,12-13H2,2-6H3.